The minimum Gasteiger partial charge on any atom is -0.313 e. The van der Waals surface area contributed by atoms with Crippen LogP contribution in [0.25, 0.3) is 0 Å². The van der Waals surface area contributed by atoms with E-state index in [0.717, 1.165) is 24.7 Å². The van der Waals surface area contributed by atoms with Gasteiger partial charge in [0.2, 0.25) is 0 Å². The van der Waals surface area contributed by atoms with Gasteiger partial charge in [-0.25, -0.2) is 0 Å². The molecule has 1 unspecified atom stereocenters. The number of piperidine rings is 1. The van der Waals surface area contributed by atoms with Crippen LogP contribution in [0.4, 0.5) is 0 Å². The van der Waals surface area contributed by atoms with Crippen molar-refractivity contribution < 1.29 is 4.79 Å². The summed E-state index contributed by atoms with van der Waals surface area (Å²) < 4.78 is 0. The maximum Gasteiger partial charge on any atom is 0.140 e. The fourth-order valence-electron chi connectivity index (χ4n) is 6.60. The Morgan fingerprint density at radius 2 is 1.90 bits per heavy atom. The summed E-state index contributed by atoms with van der Waals surface area (Å²) in [6, 6.07) is 0.468. The van der Waals surface area contributed by atoms with Gasteiger partial charge in [0, 0.05) is 17.9 Å². The molecule has 1 aliphatic heterocycles. The Bertz CT molecular complexity index is 433. The van der Waals surface area contributed by atoms with Crippen molar-refractivity contribution in [3.05, 3.63) is 0 Å². The smallest absolute Gasteiger partial charge is 0.140 e. The first-order valence-electron chi connectivity index (χ1n) is 8.82. The van der Waals surface area contributed by atoms with Crippen molar-refractivity contribution >= 4 is 5.78 Å². The topological polar surface area (TPSA) is 29.1 Å². The summed E-state index contributed by atoms with van der Waals surface area (Å²) in [5.74, 6) is 2.87. The van der Waals surface area contributed by atoms with Crippen LogP contribution in [0.1, 0.15) is 65.2 Å². The molecule has 6 atom stereocenters. The van der Waals surface area contributed by atoms with E-state index < -0.39 is 0 Å². The summed E-state index contributed by atoms with van der Waals surface area (Å²) >= 11 is 0. The fourth-order valence-corrected chi connectivity index (χ4v) is 6.60. The lowest BCUT2D eigenvalue weighted by Crippen LogP contribution is -2.65. The molecular formula is C18H29NO. The maximum absolute atomic E-state index is 12.7. The number of Topliss-reactive ketones (excluding diaryl/α,β-unsaturated/α-hetero) is 1. The lowest BCUT2D eigenvalue weighted by molar-refractivity contribution is -0.148. The van der Waals surface area contributed by atoms with E-state index in [1.165, 1.54) is 45.1 Å². The molecule has 112 valence electrons. The summed E-state index contributed by atoms with van der Waals surface area (Å²) in [5.41, 5.74) is 0.537. The van der Waals surface area contributed by atoms with Crippen LogP contribution in [0, 0.1) is 28.6 Å². The molecular weight excluding hydrogens is 246 g/mol. The van der Waals surface area contributed by atoms with E-state index >= 15 is 0 Å². The molecule has 0 bridgehead atoms. The average molecular weight is 275 g/mol. The van der Waals surface area contributed by atoms with Crippen molar-refractivity contribution in [3.63, 3.8) is 0 Å². The van der Waals surface area contributed by atoms with E-state index in [2.05, 4.69) is 19.2 Å². The van der Waals surface area contributed by atoms with Gasteiger partial charge in [0.05, 0.1) is 0 Å². The number of hydrogen-bond donors (Lipinski definition) is 1. The predicted molar refractivity (Wildman–Crippen MR) is 80.4 cm³/mol. The Labute approximate surface area is 123 Å². The van der Waals surface area contributed by atoms with Crippen molar-refractivity contribution in [2.45, 2.75) is 71.3 Å². The van der Waals surface area contributed by atoms with Crippen LogP contribution >= 0.6 is 0 Å². The van der Waals surface area contributed by atoms with Crippen LogP contribution in [-0.4, -0.2) is 18.4 Å². The SMILES string of the molecule is C[C@@]12CCC[C@H]1[C@@H]1CNC3CCCC(=O)[C@]3(C)[C@@H]1CC2. The normalized spacial score (nSPS) is 55.0. The molecule has 3 aliphatic carbocycles. The zero-order chi connectivity index (χ0) is 14.0. The predicted octanol–water partition coefficient (Wildman–Crippen LogP) is 3.55. The van der Waals surface area contributed by atoms with Crippen molar-refractivity contribution in [2.24, 2.45) is 28.6 Å². The summed E-state index contributed by atoms with van der Waals surface area (Å²) in [6.07, 6.45) is 10.1. The molecule has 1 saturated heterocycles. The lowest BCUT2D eigenvalue weighted by Gasteiger charge is -2.59. The zero-order valence-electron chi connectivity index (χ0n) is 13.1. The largest absolute Gasteiger partial charge is 0.313 e. The molecule has 0 amide bonds. The van der Waals surface area contributed by atoms with Crippen LogP contribution < -0.4 is 5.32 Å². The fraction of sp³-hybridized carbons (Fsp3) is 0.944. The standard InChI is InChI=1S/C18H29NO/c1-17-9-4-5-13(17)12-11-19-15-6-3-7-16(20)18(15,2)14(12)8-10-17/h12-15,19H,3-11H2,1-2H3/t12-,13-,14+,15?,17-,18+/m0/s1. The summed E-state index contributed by atoms with van der Waals surface area (Å²) in [4.78, 5) is 12.7. The molecule has 1 heterocycles. The number of hydrogen-bond acceptors (Lipinski definition) is 2. The van der Waals surface area contributed by atoms with Gasteiger partial charge in [-0.05, 0) is 68.2 Å². The van der Waals surface area contributed by atoms with Gasteiger partial charge in [0.15, 0.2) is 0 Å². The zero-order valence-corrected chi connectivity index (χ0v) is 13.1. The summed E-state index contributed by atoms with van der Waals surface area (Å²) in [6.45, 7) is 6.01. The third-order valence-electron chi connectivity index (χ3n) is 7.81. The molecule has 4 aliphatic rings. The van der Waals surface area contributed by atoms with E-state index in [1.54, 1.807) is 0 Å². The van der Waals surface area contributed by atoms with Gasteiger partial charge in [-0.3, -0.25) is 4.79 Å². The molecule has 0 spiro atoms. The van der Waals surface area contributed by atoms with E-state index in [0.29, 0.717) is 23.2 Å². The lowest BCUT2D eigenvalue weighted by atomic mass is 9.49. The molecule has 3 saturated carbocycles. The molecule has 1 N–H and O–H groups in total. The molecule has 4 fully saturated rings. The number of carbonyl (C=O) groups excluding carboxylic acids is 1. The minimum atomic E-state index is -0.0505. The molecule has 4 rings (SSSR count). The van der Waals surface area contributed by atoms with Gasteiger partial charge in [-0.1, -0.05) is 20.3 Å². The van der Waals surface area contributed by atoms with Crippen molar-refractivity contribution in [2.75, 3.05) is 6.54 Å². The number of carbonyl (C=O) groups is 1. The van der Waals surface area contributed by atoms with Crippen LogP contribution in [0.2, 0.25) is 0 Å². The Morgan fingerprint density at radius 3 is 2.75 bits per heavy atom. The molecule has 0 aromatic rings. The quantitative estimate of drug-likeness (QED) is 0.732. The number of nitrogens with one attached hydrogen (secondary N) is 1. The molecule has 2 heteroatoms. The monoisotopic (exact) mass is 275 g/mol. The average Bonchev–Trinajstić information content (AvgIpc) is 2.82. The number of fused-ring (bicyclic) bond motifs is 5. The second-order valence-corrected chi connectivity index (χ2v) is 8.52. The van der Waals surface area contributed by atoms with Gasteiger partial charge >= 0.3 is 0 Å². The molecule has 20 heavy (non-hydrogen) atoms. The van der Waals surface area contributed by atoms with Gasteiger partial charge in [0.25, 0.3) is 0 Å². The highest BCUT2D eigenvalue weighted by Gasteiger charge is 2.59. The third kappa shape index (κ3) is 1.58. The molecule has 0 radical (unpaired) electrons. The van der Waals surface area contributed by atoms with Crippen molar-refractivity contribution in [3.8, 4) is 0 Å². The van der Waals surface area contributed by atoms with Crippen LogP contribution in [0.15, 0.2) is 0 Å². The van der Waals surface area contributed by atoms with E-state index in [9.17, 15) is 4.79 Å². The molecule has 0 aromatic carbocycles. The maximum atomic E-state index is 12.7. The van der Waals surface area contributed by atoms with Gasteiger partial charge in [0.1, 0.15) is 5.78 Å². The van der Waals surface area contributed by atoms with E-state index in [4.69, 9.17) is 0 Å². The Kier molecular flexibility index (Phi) is 2.87. The van der Waals surface area contributed by atoms with Crippen LogP contribution in [-0.2, 0) is 4.79 Å². The summed E-state index contributed by atoms with van der Waals surface area (Å²) in [7, 11) is 0. The summed E-state index contributed by atoms with van der Waals surface area (Å²) in [5, 5.41) is 3.80. The first-order chi connectivity index (χ1) is 9.56. The third-order valence-corrected chi connectivity index (χ3v) is 7.81. The molecule has 0 aromatic heterocycles. The minimum absolute atomic E-state index is 0.0505. The Morgan fingerprint density at radius 1 is 1.05 bits per heavy atom. The molecule has 2 nitrogen and oxygen atoms in total. The number of rotatable bonds is 0. The first-order valence-corrected chi connectivity index (χ1v) is 8.82. The second-order valence-electron chi connectivity index (χ2n) is 8.52. The van der Waals surface area contributed by atoms with Crippen molar-refractivity contribution in [1.29, 1.82) is 0 Å². The highest BCUT2D eigenvalue weighted by Crippen LogP contribution is 2.61. The van der Waals surface area contributed by atoms with Gasteiger partial charge in [-0.2, -0.15) is 0 Å². The van der Waals surface area contributed by atoms with Gasteiger partial charge < -0.3 is 5.32 Å². The Balaban J connectivity index is 1.69. The van der Waals surface area contributed by atoms with Crippen LogP contribution in [0.5, 0.6) is 0 Å². The number of ketones is 1. The highest BCUT2D eigenvalue weighted by molar-refractivity contribution is 5.86. The second kappa shape index (κ2) is 4.32. The van der Waals surface area contributed by atoms with E-state index in [-0.39, 0.29) is 5.41 Å². The van der Waals surface area contributed by atoms with Crippen LogP contribution in [0.3, 0.4) is 0 Å². The van der Waals surface area contributed by atoms with E-state index in [1.807, 2.05) is 0 Å². The highest BCUT2D eigenvalue weighted by atomic mass is 16.1. The van der Waals surface area contributed by atoms with Gasteiger partial charge in [-0.15, -0.1) is 0 Å². The van der Waals surface area contributed by atoms with Crippen molar-refractivity contribution in [1.82, 2.24) is 5.32 Å². The first kappa shape index (κ1) is 13.3. The Hall–Kier alpha value is -0.370.